The molecular weight excluding hydrogens is 326 g/mol. The first kappa shape index (κ1) is 17.2. The van der Waals surface area contributed by atoms with Crippen molar-refractivity contribution in [3.05, 3.63) is 53.6 Å². The third-order valence-corrected chi connectivity index (χ3v) is 4.08. The topological polar surface area (TPSA) is 41.6 Å². The molecule has 1 aliphatic heterocycles. The number of carbonyl (C=O) groups is 1. The number of hydrogen-bond donors (Lipinski definition) is 1. The normalized spacial score (nSPS) is 13.3. The number of rotatable bonds is 5. The van der Waals surface area contributed by atoms with Crippen LogP contribution in [0.1, 0.15) is 18.9 Å². The van der Waals surface area contributed by atoms with Gasteiger partial charge in [-0.3, -0.25) is 4.79 Å². The Hall–Kier alpha value is -2.63. The molecule has 1 heterocycles. The summed E-state index contributed by atoms with van der Waals surface area (Å²) in [6.45, 7) is 3.05. The van der Waals surface area contributed by atoms with Gasteiger partial charge in [0.15, 0.2) is 0 Å². The number of hydrogen-bond acceptors (Lipinski definition) is 3. The van der Waals surface area contributed by atoms with Gasteiger partial charge in [-0.15, -0.1) is 0 Å². The van der Waals surface area contributed by atoms with E-state index in [0.29, 0.717) is 36.5 Å². The van der Waals surface area contributed by atoms with Gasteiger partial charge in [-0.1, -0.05) is 0 Å². The SMILES string of the molecule is CCOc1ccc(NC(=O)CN2CCCc3cc(F)cc(F)c32)cc1. The number of ether oxygens (including phenoxy) is 1. The van der Waals surface area contributed by atoms with Crippen molar-refractivity contribution in [3.63, 3.8) is 0 Å². The van der Waals surface area contributed by atoms with Crippen LogP contribution >= 0.6 is 0 Å². The van der Waals surface area contributed by atoms with Gasteiger partial charge in [0, 0.05) is 18.3 Å². The van der Waals surface area contributed by atoms with E-state index in [1.54, 1.807) is 29.2 Å². The number of carbonyl (C=O) groups excluding carboxylic acids is 1. The minimum absolute atomic E-state index is 0.0166. The number of nitrogens with one attached hydrogen (secondary N) is 1. The largest absolute Gasteiger partial charge is 0.494 e. The number of aryl methyl sites for hydroxylation is 1. The number of nitrogens with zero attached hydrogens (tertiary/aromatic N) is 1. The highest BCUT2D eigenvalue weighted by Crippen LogP contribution is 2.30. The van der Waals surface area contributed by atoms with Crippen molar-refractivity contribution in [1.82, 2.24) is 0 Å². The van der Waals surface area contributed by atoms with Crippen molar-refractivity contribution >= 4 is 17.3 Å². The quantitative estimate of drug-likeness (QED) is 0.896. The van der Waals surface area contributed by atoms with Crippen LogP contribution in [0, 0.1) is 11.6 Å². The second kappa shape index (κ2) is 7.51. The third kappa shape index (κ3) is 4.07. The molecule has 3 rings (SSSR count). The van der Waals surface area contributed by atoms with E-state index in [0.717, 1.165) is 18.2 Å². The highest BCUT2D eigenvalue weighted by Gasteiger charge is 2.23. The van der Waals surface area contributed by atoms with Crippen molar-refractivity contribution in [3.8, 4) is 5.75 Å². The maximum Gasteiger partial charge on any atom is 0.243 e. The highest BCUT2D eigenvalue weighted by atomic mass is 19.1. The second-order valence-corrected chi connectivity index (χ2v) is 5.93. The van der Waals surface area contributed by atoms with E-state index >= 15 is 0 Å². The van der Waals surface area contributed by atoms with E-state index in [1.807, 2.05) is 6.92 Å². The molecule has 6 heteroatoms. The lowest BCUT2D eigenvalue weighted by Gasteiger charge is -2.31. The Morgan fingerprint density at radius 3 is 2.72 bits per heavy atom. The first-order chi connectivity index (χ1) is 12.1. The molecule has 1 N–H and O–H groups in total. The third-order valence-electron chi connectivity index (χ3n) is 4.08. The van der Waals surface area contributed by atoms with Crippen LogP contribution in [0.5, 0.6) is 5.75 Å². The Kier molecular flexibility index (Phi) is 5.16. The molecule has 1 aliphatic rings. The van der Waals surface area contributed by atoms with E-state index in [1.165, 1.54) is 6.07 Å². The minimum Gasteiger partial charge on any atom is -0.494 e. The number of halogens is 2. The summed E-state index contributed by atoms with van der Waals surface area (Å²) in [5.41, 5.74) is 1.58. The van der Waals surface area contributed by atoms with Gasteiger partial charge in [0.2, 0.25) is 5.91 Å². The Labute approximate surface area is 145 Å². The van der Waals surface area contributed by atoms with Gasteiger partial charge in [0.1, 0.15) is 17.4 Å². The molecule has 0 atom stereocenters. The summed E-state index contributed by atoms with van der Waals surface area (Å²) in [6, 6.07) is 9.26. The predicted molar refractivity (Wildman–Crippen MR) is 93.1 cm³/mol. The first-order valence-electron chi connectivity index (χ1n) is 8.32. The number of benzene rings is 2. The molecule has 0 bridgehead atoms. The summed E-state index contributed by atoms with van der Waals surface area (Å²) in [6.07, 6.45) is 1.37. The minimum atomic E-state index is -0.622. The summed E-state index contributed by atoms with van der Waals surface area (Å²) >= 11 is 0. The lowest BCUT2D eigenvalue weighted by molar-refractivity contribution is -0.115. The standard InChI is InChI=1S/C19H20F2N2O2/c1-2-25-16-7-5-15(6-8-16)22-18(24)12-23-9-3-4-13-10-14(20)11-17(21)19(13)23/h5-8,10-11H,2-4,9,12H2,1H3,(H,22,24). The summed E-state index contributed by atoms with van der Waals surface area (Å²) in [5.74, 6) is -0.726. The van der Waals surface area contributed by atoms with Crippen molar-refractivity contribution in [2.45, 2.75) is 19.8 Å². The molecule has 25 heavy (non-hydrogen) atoms. The molecule has 4 nitrogen and oxygen atoms in total. The number of amides is 1. The van der Waals surface area contributed by atoms with Gasteiger partial charge in [-0.2, -0.15) is 0 Å². The van der Waals surface area contributed by atoms with Gasteiger partial charge in [-0.05, 0) is 55.7 Å². The van der Waals surface area contributed by atoms with Crippen LogP contribution in [-0.2, 0) is 11.2 Å². The maximum absolute atomic E-state index is 14.1. The molecule has 0 aliphatic carbocycles. The Morgan fingerprint density at radius 2 is 2.00 bits per heavy atom. The van der Waals surface area contributed by atoms with Crippen LogP contribution in [0.2, 0.25) is 0 Å². The van der Waals surface area contributed by atoms with Crippen molar-refractivity contribution in [2.24, 2.45) is 0 Å². The Morgan fingerprint density at radius 1 is 1.24 bits per heavy atom. The monoisotopic (exact) mass is 346 g/mol. The summed E-state index contributed by atoms with van der Waals surface area (Å²) in [7, 11) is 0. The average molecular weight is 346 g/mol. The van der Waals surface area contributed by atoms with Crippen LogP contribution in [0.25, 0.3) is 0 Å². The molecule has 0 saturated carbocycles. The fourth-order valence-corrected chi connectivity index (χ4v) is 3.07. The van der Waals surface area contributed by atoms with Crippen LogP contribution in [-0.4, -0.2) is 25.6 Å². The lowest BCUT2D eigenvalue weighted by atomic mass is 10.0. The fraction of sp³-hybridized carbons (Fsp3) is 0.316. The lowest BCUT2D eigenvalue weighted by Crippen LogP contribution is -2.37. The van der Waals surface area contributed by atoms with Crippen LogP contribution in [0.4, 0.5) is 20.2 Å². The Balaban J connectivity index is 1.68. The van der Waals surface area contributed by atoms with Crippen molar-refractivity contribution in [1.29, 1.82) is 0 Å². The number of fused-ring (bicyclic) bond motifs is 1. The van der Waals surface area contributed by atoms with Crippen LogP contribution in [0.15, 0.2) is 36.4 Å². The molecule has 0 unspecified atom stereocenters. The first-order valence-corrected chi connectivity index (χ1v) is 8.32. The van der Waals surface area contributed by atoms with E-state index in [2.05, 4.69) is 5.32 Å². The van der Waals surface area contributed by atoms with Crippen LogP contribution < -0.4 is 15.0 Å². The van der Waals surface area contributed by atoms with E-state index in [4.69, 9.17) is 4.74 Å². The average Bonchev–Trinajstić information content (AvgIpc) is 2.56. The van der Waals surface area contributed by atoms with E-state index < -0.39 is 11.6 Å². The van der Waals surface area contributed by atoms with Crippen LogP contribution in [0.3, 0.4) is 0 Å². The molecule has 132 valence electrons. The second-order valence-electron chi connectivity index (χ2n) is 5.93. The molecular formula is C19H20F2N2O2. The molecule has 0 saturated heterocycles. The molecule has 0 aromatic heterocycles. The zero-order valence-electron chi connectivity index (χ0n) is 14.0. The van der Waals surface area contributed by atoms with E-state index in [-0.39, 0.29) is 12.5 Å². The fourth-order valence-electron chi connectivity index (χ4n) is 3.07. The van der Waals surface area contributed by atoms with Gasteiger partial charge in [0.25, 0.3) is 0 Å². The molecule has 2 aromatic carbocycles. The van der Waals surface area contributed by atoms with E-state index in [9.17, 15) is 13.6 Å². The predicted octanol–water partition coefficient (Wildman–Crippen LogP) is 3.75. The molecule has 1 amide bonds. The zero-order chi connectivity index (χ0) is 17.8. The zero-order valence-corrected chi connectivity index (χ0v) is 14.0. The Bertz CT molecular complexity index is 763. The highest BCUT2D eigenvalue weighted by molar-refractivity contribution is 5.94. The smallest absolute Gasteiger partial charge is 0.243 e. The summed E-state index contributed by atoms with van der Waals surface area (Å²) in [4.78, 5) is 14.0. The van der Waals surface area contributed by atoms with Crippen molar-refractivity contribution in [2.75, 3.05) is 29.9 Å². The molecule has 0 fully saturated rings. The molecule has 2 aromatic rings. The summed E-state index contributed by atoms with van der Waals surface area (Å²) < 4.78 is 32.9. The molecule has 0 spiro atoms. The maximum atomic E-state index is 14.1. The van der Waals surface area contributed by atoms with Gasteiger partial charge < -0.3 is 15.0 Å². The summed E-state index contributed by atoms with van der Waals surface area (Å²) in [5, 5.41) is 2.79. The number of anilines is 2. The van der Waals surface area contributed by atoms with Gasteiger partial charge in [0.05, 0.1) is 18.8 Å². The van der Waals surface area contributed by atoms with Crippen molar-refractivity contribution < 1.29 is 18.3 Å². The molecule has 0 radical (unpaired) electrons. The van der Waals surface area contributed by atoms with Gasteiger partial charge >= 0.3 is 0 Å². The van der Waals surface area contributed by atoms with Gasteiger partial charge in [-0.25, -0.2) is 8.78 Å².